The van der Waals surface area contributed by atoms with Crippen molar-refractivity contribution in [2.45, 2.75) is 51.2 Å². The fourth-order valence-corrected chi connectivity index (χ4v) is 4.03. The Balaban J connectivity index is 2.73. The summed E-state index contributed by atoms with van der Waals surface area (Å²) in [6.45, 7) is 4.04. The third-order valence-corrected chi connectivity index (χ3v) is 4.77. The van der Waals surface area contributed by atoms with Crippen LogP contribution in [-0.2, 0) is 24.3 Å². The van der Waals surface area contributed by atoms with E-state index in [1.165, 1.54) is 7.11 Å². The summed E-state index contributed by atoms with van der Waals surface area (Å²) in [6.07, 6.45) is 2.41. The summed E-state index contributed by atoms with van der Waals surface area (Å²) in [6, 6.07) is 0. The van der Waals surface area contributed by atoms with Crippen LogP contribution in [0.15, 0.2) is 0 Å². The monoisotopic (exact) mass is 293 g/mol. The van der Waals surface area contributed by atoms with Crippen molar-refractivity contribution in [3.63, 3.8) is 0 Å². The van der Waals surface area contributed by atoms with Crippen molar-refractivity contribution in [3.05, 3.63) is 0 Å². The first-order valence-corrected chi connectivity index (χ1v) is 8.20. The van der Waals surface area contributed by atoms with E-state index in [1.807, 2.05) is 6.92 Å². The maximum absolute atomic E-state index is 12.1. The van der Waals surface area contributed by atoms with E-state index in [0.29, 0.717) is 19.4 Å². The molecular formula is C12H23NO5S. The molecule has 0 spiro atoms. The predicted molar refractivity (Wildman–Crippen MR) is 71.2 cm³/mol. The SMILES string of the molecule is CCCC(C)(NS(=O)(=O)CC1CCCO1)C(=O)OC. The van der Waals surface area contributed by atoms with E-state index < -0.39 is 21.5 Å². The molecule has 0 bridgehead atoms. The Morgan fingerprint density at radius 3 is 2.68 bits per heavy atom. The number of rotatable bonds is 7. The minimum Gasteiger partial charge on any atom is -0.468 e. The van der Waals surface area contributed by atoms with Crippen LogP contribution in [-0.4, -0.2) is 45.5 Å². The Labute approximate surface area is 114 Å². The van der Waals surface area contributed by atoms with Crippen molar-refractivity contribution in [1.29, 1.82) is 0 Å². The summed E-state index contributed by atoms with van der Waals surface area (Å²) in [5, 5.41) is 0. The smallest absolute Gasteiger partial charge is 0.326 e. The first kappa shape index (κ1) is 16.4. The van der Waals surface area contributed by atoms with Gasteiger partial charge in [0.2, 0.25) is 10.0 Å². The number of nitrogens with one attached hydrogen (secondary N) is 1. The molecule has 19 heavy (non-hydrogen) atoms. The highest BCUT2D eigenvalue weighted by molar-refractivity contribution is 7.89. The Bertz CT molecular complexity index is 402. The Morgan fingerprint density at radius 1 is 1.53 bits per heavy atom. The van der Waals surface area contributed by atoms with E-state index in [0.717, 1.165) is 12.8 Å². The zero-order valence-electron chi connectivity index (χ0n) is 11.8. The molecule has 2 unspecified atom stereocenters. The zero-order valence-corrected chi connectivity index (χ0v) is 12.6. The highest BCUT2D eigenvalue weighted by atomic mass is 32.2. The van der Waals surface area contributed by atoms with E-state index in [-0.39, 0.29) is 11.9 Å². The maximum atomic E-state index is 12.1. The van der Waals surface area contributed by atoms with Gasteiger partial charge >= 0.3 is 5.97 Å². The lowest BCUT2D eigenvalue weighted by molar-refractivity contribution is -0.147. The van der Waals surface area contributed by atoms with Gasteiger partial charge in [-0.05, 0) is 26.2 Å². The highest BCUT2D eigenvalue weighted by Crippen LogP contribution is 2.18. The first-order chi connectivity index (χ1) is 8.83. The highest BCUT2D eigenvalue weighted by Gasteiger charge is 2.38. The van der Waals surface area contributed by atoms with E-state index in [4.69, 9.17) is 4.74 Å². The van der Waals surface area contributed by atoms with Gasteiger partial charge in [0.15, 0.2) is 0 Å². The average Bonchev–Trinajstić information content (AvgIpc) is 2.79. The molecule has 0 radical (unpaired) electrons. The number of hydrogen-bond acceptors (Lipinski definition) is 5. The van der Waals surface area contributed by atoms with Crippen molar-refractivity contribution in [3.8, 4) is 0 Å². The standard InChI is InChI=1S/C12H23NO5S/c1-4-7-12(2,11(14)17-3)13-19(15,16)9-10-6-5-8-18-10/h10,13H,4-9H2,1-3H3. The number of sulfonamides is 1. The van der Waals surface area contributed by atoms with E-state index in [2.05, 4.69) is 9.46 Å². The number of esters is 1. The summed E-state index contributed by atoms with van der Waals surface area (Å²) in [7, 11) is -2.32. The number of methoxy groups -OCH3 is 1. The predicted octanol–water partition coefficient (Wildman–Crippen LogP) is 0.817. The van der Waals surface area contributed by atoms with Crippen LogP contribution >= 0.6 is 0 Å². The Kier molecular flexibility index (Phi) is 5.76. The van der Waals surface area contributed by atoms with Crippen LogP contribution in [0.4, 0.5) is 0 Å². The largest absolute Gasteiger partial charge is 0.468 e. The third-order valence-electron chi connectivity index (χ3n) is 3.20. The van der Waals surface area contributed by atoms with Gasteiger partial charge in [-0.1, -0.05) is 13.3 Å². The molecule has 112 valence electrons. The lowest BCUT2D eigenvalue weighted by Crippen LogP contribution is -2.53. The third kappa shape index (κ3) is 4.74. The van der Waals surface area contributed by atoms with Gasteiger partial charge < -0.3 is 9.47 Å². The molecule has 1 aliphatic rings. The fraction of sp³-hybridized carbons (Fsp3) is 0.917. The van der Waals surface area contributed by atoms with Crippen molar-refractivity contribution < 1.29 is 22.7 Å². The molecule has 1 N–H and O–H groups in total. The molecule has 0 aliphatic carbocycles. The molecule has 0 aromatic heterocycles. The second kappa shape index (κ2) is 6.67. The van der Waals surface area contributed by atoms with Crippen molar-refractivity contribution >= 4 is 16.0 Å². The summed E-state index contributed by atoms with van der Waals surface area (Å²) in [5.41, 5.74) is -1.21. The molecule has 7 heteroatoms. The minimum absolute atomic E-state index is 0.108. The van der Waals surface area contributed by atoms with Crippen LogP contribution in [0, 0.1) is 0 Å². The van der Waals surface area contributed by atoms with Gasteiger partial charge in [0.25, 0.3) is 0 Å². The molecule has 1 rings (SSSR count). The molecule has 1 fully saturated rings. The molecule has 1 heterocycles. The van der Waals surface area contributed by atoms with Crippen molar-refractivity contribution in [2.24, 2.45) is 0 Å². The molecule has 6 nitrogen and oxygen atoms in total. The summed E-state index contributed by atoms with van der Waals surface area (Å²) < 4.78 is 36.7. The Hall–Kier alpha value is -0.660. The molecule has 0 saturated carbocycles. The number of carbonyl (C=O) groups is 1. The molecule has 0 amide bonds. The summed E-state index contributed by atoms with van der Waals surface area (Å²) in [5.74, 6) is -0.672. The van der Waals surface area contributed by atoms with Crippen molar-refractivity contribution in [2.75, 3.05) is 19.5 Å². The Morgan fingerprint density at radius 2 is 2.21 bits per heavy atom. The van der Waals surface area contributed by atoms with Crippen LogP contribution in [0.25, 0.3) is 0 Å². The molecule has 0 aromatic carbocycles. The number of carbonyl (C=O) groups excluding carboxylic acids is 1. The molecule has 2 atom stereocenters. The van der Waals surface area contributed by atoms with Gasteiger partial charge in [0, 0.05) is 6.61 Å². The lowest BCUT2D eigenvalue weighted by Gasteiger charge is -2.27. The van der Waals surface area contributed by atoms with Gasteiger partial charge in [-0.2, -0.15) is 4.72 Å². The van der Waals surface area contributed by atoms with Gasteiger partial charge in [-0.25, -0.2) is 8.42 Å². The van der Waals surface area contributed by atoms with Gasteiger partial charge in [-0.3, -0.25) is 4.79 Å². The minimum atomic E-state index is -3.58. The number of hydrogen-bond donors (Lipinski definition) is 1. The molecule has 1 saturated heterocycles. The van der Waals surface area contributed by atoms with E-state index >= 15 is 0 Å². The molecule has 1 aliphatic heterocycles. The molecular weight excluding hydrogens is 270 g/mol. The van der Waals surface area contributed by atoms with Crippen LogP contribution in [0.3, 0.4) is 0 Å². The van der Waals surface area contributed by atoms with E-state index in [1.54, 1.807) is 6.92 Å². The summed E-state index contributed by atoms with van der Waals surface area (Å²) in [4.78, 5) is 11.8. The van der Waals surface area contributed by atoms with Gasteiger partial charge in [0.05, 0.1) is 19.0 Å². The molecule has 0 aromatic rings. The van der Waals surface area contributed by atoms with E-state index in [9.17, 15) is 13.2 Å². The van der Waals surface area contributed by atoms with Crippen LogP contribution < -0.4 is 4.72 Å². The maximum Gasteiger partial charge on any atom is 0.326 e. The van der Waals surface area contributed by atoms with Gasteiger partial charge in [-0.15, -0.1) is 0 Å². The summed E-state index contributed by atoms with van der Waals surface area (Å²) >= 11 is 0. The van der Waals surface area contributed by atoms with Gasteiger partial charge in [0.1, 0.15) is 5.54 Å². The van der Waals surface area contributed by atoms with Crippen molar-refractivity contribution in [1.82, 2.24) is 4.72 Å². The normalized spacial score (nSPS) is 23.0. The fourth-order valence-electron chi connectivity index (χ4n) is 2.33. The second-order valence-corrected chi connectivity index (χ2v) is 6.86. The topological polar surface area (TPSA) is 81.7 Å². The first-order valence-electron chi connectivity index (χ1n) is 6.54. The average molecular weight is 293 g/mol. The zero-order chi connectivity index (χ0) is 14.5. The van der Waals surface area contributed by atoms with Crippen LogP contribution in [0.5, 0.6) is 0 Å². The quantitative estimate of drug-likeness (QED) is 0.703. The number of ether oxygens (including phenoxy) is 2. The van der Waals surface area contributed by atoms with Crippen LogP contribution in [0.2, 0.25) is 0 Å². The second-order valence-electron chi connectivity index (χ2n) is 5.09. The lowest BCUT2D eigenvalue weighted by atomic mass is 9.98. The van der Waals surface area contributed by atoms with Crippen LogP contribution in [0.1, 0.15) is 39.5 Å².